The molecule has 1 aromatic heterocycles. The Morgan fingerprint density at radius 3 is 2.88 bits per heavy atom. The number of amides is 1. The molecule has 1 amide bonds. The first-order valence-corrected chi connectivity index (χ1v) is 8.41. The number of nitrogens with zero attached hydrogens (tertiary/aromatic N) is 1. The number of carbonyl (C=O) groups excluding carboxylic acids is 2. The van der Waals surface area contributed by atoms with Crippen molar-refractivity contribution in [3.05, 3.63) is 58.3 Å². The maximum atomic E-state index is 13.0. The standard InChI is InChI=1S/C16H10BrFN2O3S/c17-10-4-5-12-13(7-10)24-16(19-12)20-14(21)8-23-15(22)9-2-1-3-11(18)6-9/h1-7H,8H2,(H,19,20,21). The Balaban J connectivity index is 1.59. The molecule has 122 valence electrons. The largest absolute Gasteiger partial charge is 0.452 e. The van der Waals surface area contributed by atoms with E-state index in [1.54, 1.807) is 0 Å². The molecule has 0 saturated carbocycles. The number of hydrogen-bond acceptors (Lipinski definition) is 5. The lowest BCUT2D eigenvalue weighted by Crippen LogP contribution is -2.20. The van der Waals surface area contributed by atoms with E-state index in [2.05, 4.69) is 26.2 Å². The molecule has 5 nitrogen and oxygen atoms in total. The van der Waals surface area contributed by atoms with Crippen LogP contribution in [0.15, 0.2) is 46.9 Å². The quantitative estimate of drug-likeness (QED) is 0.662. The second-order valence-corrected chi connectivity index (χ2v) is 6.71. The highest BCUT2D eigenvalue weighted by molar-refractivity contribution is 9.10. The summed E-state index contributed by atoms with van der Waals surface area (Å²) in [4.78, 5) is 27.9. The van der Waals surface area contributed by atoms with E-state index in [-0.39, 0.29) is 5.56 Å². The summed E-state index contributed by atoms with van der Waals surface area (Å²) in [6.07, 6.45) is 0. The van der Waals surface area contributed by atoms with Gasteiger partial charge in [-0.05, 0) is 36.4 Å². The van der Waals surface area contributed by atoms with E-state index < -0.39 is 24.3 Å². The lowest BCUT2D eigenvalue weighted by Gasteiger charge is -2.04. The average molecular weight is 409 g/mol. The van der Waals surface area contributed by atoms with Gasteiger partial charge in [0.05, 0.1) is 15.8 Å². The highest BCUT2D eigenvalue weighted by atomic mass is 79.9. The third kappa shape index (κ3) is 3.95. The van der Waals surface area contributed by atoms with Gasteiger partial charge in [-0.1, -0.05) is 33.3 Å². The zero-order valence-electron chi connectivity index (χ0n) is 12.1. The maximum absolute atomic E-state index is 13.0. The Hall–Kier alpha value is -2.32. The van der Waals surface area contributed by atoms with Crippen LogP contribution in [0, 0.1) is 5.82 Å². The van der Waals surface area contributed by atoms with Gasteiger partial charge < -0.3 is 4.74 Å². The summed E-state index contributed by atoms with van der Waals surface area (Å²) < 4.78 is 19.7. The van der Waals surface area contributed by atoms with E-state index in [9.17, 15) is 14.0 Å². The van der Waals surface area contributed by atoms with Crippen LogP contribution in [0.3, 0.4) is 0 Å². The summed E-state index contributed by atoms with van der Waals surface area (Å²) in [6, 6.07) is 10.6. The fourth-order valence-electron chi connectivity index (χ4n) is 1.94. The number of benzene rings is 2. The SMILES string of the molecule is O=C(COC(=O)c1cccc(F)c1)Nc1nc2ccc(Br)cc2s1. The van der Waals surface area contributed by atoms with Crippen molar-refractivity contribution in [3.63, 3.8) is 0 Å². The number of rotatable bonds is 4. The van der Waals surface area contributed by atoms with E-state index >= 15 is 0 Å². The van der Waals surface area contributed by atoms with Gasteiger partial charge in [0.15, 0.2) is 11.7 Å². The molecule has 24 heavy (non-hydrogen) atoms. The molecule has 0 aliphatic rings. The molecule has 0 fully saturated rings. The molecular formula is C16H10BrFN2O3S. The van der Waals surface area contributed by atoms with Gasteiger partial charge in [0.2, 0.25) is 0 Å². The van der Waals surface area contributed by atoms with Crippen molar-refractivity contribution in [2.24, 2.45) is 0 Å². The van der Waals surface area contributed by atoms with E-state index in [4.69, 9.17) is 4.74 Å². The molecule has 2 aromatic carbocycles. The highest BCUT2D eigenvalue weighted by Gasteiger charge is 2.12. The van der Waals surface area contributed by atoms with Crippen molar-refractivity contribution in [1.82, 2.24) is 4.98 Å². The molecular weight excluding hydrogens is 399 g/mol. The van der Waals surface area contributed by atoms with Crippen LogP contribution in [-0.2, 0) is 9.53 Å². The van der Waals surface area contributed by atoms with Crippen molar-refractivity contribution in [2.45, 2.75) is 0 Å². The van der Waals surface area contributed by atoms with Crippen molar-refractivity contribution in [3.8, 4) is 0 Å². The number of aromatic nitrogens is 1. The van der Waals surface area contributed by atoms with E-state index in [0.29, 0.717) is 5.13 Å². The molecule has 1 N–H and O–H groups in total. The van der Waals surface area contributed by atoms with Gasteiger partial charge in [-0.3, -0.25) is 10.1 Å². The second kappa shape index (κ2) is 7.06. The highest BCUT2D eigenvalue weighted by Crippen LogP contribution is 2.28. The first-order valence-electron chi connectivity index (χ1n) is 6.80. The van der Waals surface area contributed by atoms with Crippen LogP contribution in [0.5, 0.6) is 0 Å². The molecule has 0 aliphatic carbocycles. The summed E-state index contributed by atoms with van der Waals surface area (Å²) in [6.45, 7) is -0.477. The van der Waals surface area contributed by atoms with Crippen LogP contribution < -0.4 is 5.32 Å². The number of fused-ring (bicyclic) bond motifs is 1. The van der Waals surface area contributed by atoms with Gasteiger partial charge in [-0.25, -0.2) is 14.2 Å². The Labute approximate surface area is 148 Å². The molecule has 0 saturated heterocycles. The van der Waals surface area contributed by atoms with Gasteiger partial charge in [0.25, 0.3) is 5.91 Å². The van der Waals surface area contributed by atoms with Crippen molar-refractivity contribution < 1.29 is 18.7 Å². The molecule has 3 aromatic rings. The molecule has 0 radical (unpaired) electrons. The predicted molar refractivity (Wildman–Crippen MR) is 92.6 cm³/mol. The number of hydrogen-bond donors (Lipinski definition) is 1. The monoisotopic (exact) mass is 408 g/mol. The minimum Gasteiger partial charge on any atom is -0.452 e. The summed E-state index contributed by atoms with van der Waals surface area (Å²) in [5.74, 6) is -1.83. The number of ether oxygens (including phenoxy) is 1. The van der Waals surface area contributed by atoms with Crippen molar-refractivity contribution >= 4 is 54.5 Å². The summed E-state index contributed by atoms with van der Waals surface area (Å²) in [5.41, 5.74) is 0.808. The normalized spacial score (nSPS) is 10.6. The molecule has 0 bridgehead atoms. The first-order chi connectivity index (χ1) is 11.5. The Kier molecular flexibility index (Phi) is 4.86. The lowest BCUT2D eigenvalue weighted by atomic mass is 10.2. The second-order valence-electron chi connectivity index (χ2n) is 4.77. The van der Waals surface area contributed by atoms with Gasteiger partial charge in [0.1, 0.15) is 5.82 Å². The molecule has 0 atom stereocenters. The third-order valence-corrected chi connectivity index (χ3v) is 4.42. The summed E-state index contributed by atoms with van der Waals surface area (Å²) >= 11 is 4.68. The zero-order valence-corrected chi connectivity index (χ0v) is 14.5. The van der Waals surface area contributed by atoms with Crippen LogP contribution in [0.4, 0.5) is 9.52 Å². The molecule has 0 unspecified atom stereocenters. The molecule has 0 aliphatic heterocycles. The Morgan fingerprint density at radius 2 is 2.08 bits per heavy atom. The van der Waals surface area contributed by atoms with Gasteiger partial charge in [0, 0.05) is 4.47 Å². The van der Waals surface area contributed by atoms with E-state index in [1.165, 1.54) is 29.5 Å². The Morgan fingerprint density at radius 1 is 1.25 bits per heavy atom. The number of nitrogens with one attached hydrogen (secondary N) is 1. The molecule has 0 spiro atoms. The fourth-order valence-corrected chi connectivity index (χ4v) is 3.37. The van der Waals surface area contributed by atoms with Gasteiger partial charge in [-0.2, -0.15) is 0 Å². The fraction of sp³-hybridized carbons (Fsp3) is 0.0625. The zero-order chi connectivity index (χ0) is 17.1. The van der Waals surface area contributed by atoms with E-state index in [1.807, 2.05) is 18.2 Å². The molecule has 3 rings (SSSR count). The predicted octanol–water partition coefficient (Wildman–Crippen LogP) is 3.99. The van der Waals surface area contributed by atoms with Crippen LogP contribution >= 0.6 is 27.3 Å². The average Bonchev–Trinajstić information content (AvgIpc) is 2.93. The topological polar surface area (TPSA) is 68.3 Å². The lowest BCUT2D eigenvalue weighted by molar-refractivity contribution is -0.119. The minimum absolute atomic E-state index is 0.0487. The van der Waals surface area contributed by atoms with Crippen LogP contribution in [-0.4, -0.2) is 23.5 Å². The molecule has 8 heteroatoms. The number of thiazole rings is 1. The van der Waals surface area contributed by atoms with E-state index in [0.717, 1.165) is 20.8 Å². The van der Waals surface area contributed by atoms with Crippen LogP contribution in [0.1, 0.15) is 10.4 Å². The third-order valence-electron chi connectivity index (χ3n) is 2.99. The number of halogens is 2. The molecule has 1 heterocycles. The number of carbonyl (C=O) groups is 2. The Bertz CT molecular complexity index is 929. The smallest absolute Gasteiger partial charge is 0.338 e. The van der Waals surface area contributed by atoms with Crippen LogP contribution in [0.2, 0.25) is 0 Å². The van der Waals surface area contributed by atoms with Gasteiger partial charge in [-0.15, -0.1) is 0 Å². The van der Waals surface area contributed by atoms with Crippen molar-refractivity contribution in [2.75, 3.05) is 11.9 Å². The minimum atomic E-state index is -0.766. The number of anilines is 1. The first kappa shape index (κ1) is 16.5. The summed E-state index contributed by atoms with van der Waals surface area (Å²) in [5, 5.41) is 2.98. The van der Waals surface area contributed by atoms with Crippen molar-refractivity contribution in [1.29, 1.82) is 0 Å². The van der Waals surface area contributed by atoms with Crippen LogP contribution in [0.25, 0.3) is 10.2 Å². The number of esters is 1. The summed E-state index contributed by atoms with van der Waals surface area (Å²) in [7, 11) is 0. The maximum Gasteiger partial charge on any atom is 0.338 e. The van der Waals surface area contributed by atoms with Gasteiger partial charge >= 0.3 is 5.97 Å².